The van der Waals surface area contributed by atoms with Crippen molar-refractivity contribution in [3.8, 4) is 5.69 Å². The number of carbonyl (C=O) groups excluding carboxylic acids is 1. The van der Waals surface area contributed by atoms with Crippen molar-refractivity contribution in [3.05, 3.63) is 66.2 Å². The summed E-state index contributed by atoms with van der Waals surface area (Å²) in [4.78, 5) is 17.6. The van der Waals surface area contributed by atoms with Crippen LogP contribution >= 0.6 is 11.8 Å². The maximum atomic E-state index is 13.5. The number of aromatic nitrogens is 3. The number of rotatable bonds is 8. The zero-order valence-corrected chi connectivity index (χ0v) is 19.4. The molecule has 2 heterocycles. The summed E-state index contributed by atoms with van der Waals surface area (Å²) in [5, 5.41) is 9.39. The molecule has 8 heteroatoms. The molecule has 1 fully saturated rings. The Morgan fingerprint density at radius 1 is 1.00 bits per heavy atom. The first-order valence-electron chi connectivity index (χ1n) is 11.1. The molecule has 4 rings (SSSR count). The van der Waals surface area contributed by atoms with Crippen LogP contribution in [0.1, 0.15) is 24.7 Å². The molecule has 1 aliphatic heterocycles. The summed E-state index contributed by atoms with van der Waals surface area (Å²) in [5.41, 5.74) is 1.94. The zero-order chi connectivity index (χ0) is 22.3. The Labute approximate surface area is 193 Å². The minimum Gasteiger partial charge on any atom is -0.378 e. The predicted molar refractivity (Wildman–Crippen MR) is 127 cm³/mol. The van der Waals surface area contributed by atoms with Gasteiger partial charge < -0.3 is 14.5 Å². The number of nitrogens with zero attached hydrogens (tertiary/aromatic N) is 5. The molecule has 1 amide bonds. The number of likely N-dealkylation sites (N-methyl/N-ethyl adjacent to an activating group) is 1. The summed E-state index contributed by atoms with van der Waals surface area (Å²) in [6.45, 7) is 8.21. The van der Waals surface area contributed by atoms with Crippen molar-refractivity contribution in [3.63, 3.8) is 0 Å². The monoisotopic (exact) mass is 451 g/mol. The zero-order valence-electron chi connectivity index (χ0n) is 18.6. The Morgan fingerprint density at radius 3 is 2.25 bits per heavy atom. The average molecular weight is 452 g/mol. The highest BCUT2D eigenvalue weighted by Gasteiger charge is 2.30. The van der Waals surface area contributed by atoms with Crippen molar-refractivity contribution in [2.45, 2.75) is 24.3 Å². The van der Waals surface area contributed by atoms with Gasteiger partial charge in [0, 0.05) is 26.2 Å². The third-order valence-electron chi connectivity index (χ3n) is 5.55. The first kappa shape index (κ1) is 22.4. The molecule has 0 spiro atoms. The number of hydrogen-bond donors (Lipinski definition) is 0. The van der Waals surface area contributed by atoms with Gasteiger partial charge in [0.1, 0.15) is 5.25 Å². The Hall–Kier alpha value is -2.84. The molecule has 32 heavy (non-hydrogen) atoms. The minimum atomic E-state index is -0.402. The molecule has 0 bridgehead atoms. The fraction of sp³-hybridized carbons (Fsp3) is 0.375. The summed E-state index contributed by atoms with van der Waals surface area (Å²) in [6, 6.07) is 20.0. The van der Waals surface area contributed by atoms with Gasteiger partial charge in [-0.2, -0.15) is 0 Å². The SMILES string of the molecule is CCN(CC)C(=O)C(Sc1nnc(N2CCOCC2)n1-c1ccccc1)c1ccccc1. The van der Waals surface area contributed by atoms with Gasteiger partial charge in [0.2, 0.25) is 11.9 Å². The summed E-state index contributed by atoms with van der Waals surface area (Å²) in [6.07, 6.45) is 0. The normalized spacial score (nSPS) is 14.9. The van der Waals surface area contributed by atoms with E-state index in [0.717, 1.165) is 30.3 Å². The molecule has 0 radical (unpaired) electrons. The number of thioether (sulfide) groups is 1. The lowest BCUT2D eigenvalue weighted by atomic mass is 10.1. The van der Waals surface area contributed by atoms with Gasteiger partial charge in [-0.25, -0.2) is 0 Å². The van der Waals surface area contributed by atoms with Crippen molar-refractivity contribution < 1.29 is 9.53 Å². The number of morpholine rings is 1. The van der Waals surface area contributed by atoms with Crippen molar-refractivity contribution in [2.75, 3.05) is 44.3 Å². The number of benzene rings is 2. The van der Waals surface area contributed by atoms with Crippen molar-refractivity contribution >= 4 is 23.6 Å². The summed E-state index contributed by atoms with van der Waals surface area (Å²) in [7, 11) is 0. The highest BCUT2D eigenvalue weighted by atomic mass is 32.2. The van der Waals surface area contributed by atoms with E-state index in [1.807, 2.05) is 79.4 Å². The molecule has 1 aliphatic rings. The Morgan fingerprint density at radius 2 is 1.62 bits per heavy atom. The van der Waals surface area contributed by atoms with Crippen molar-refractivity contribution in [2.24, 2.45) is 0 Å². The topological polar surface area (TPSA) is 63.5 Å². The largest absolute Gasteiger partial charge is 0.378 e. The highest BCUT2D eigenvalue weighted by molar-refractivity contribution is 8.00. The second-order valence-electron chi connectivity index (χ2n) is 7.47. The van der Waals surface area contributed by atoms with E-state index in [-0.39, 0.29) is 5.91 Å². The molecule has 168 valence electrons. The molecule has 1 atom stereocenters. The Bertz CT molecular complexity index is 1000. The van der Waals surface area contributed by atoms with Crippen LogP contribution in [0.4, 0.5) is 5.95 Å². The summed E-state index contributed by atoms with van der Waals surface area (Å²) >= 11 is 1.46. The summed E-state index contributed by atoms with van der Waals surface area (Å²) in [5.74, 6) is 0.867. The van der Waals surface area contributed by atoms with E-state index in [0.29, 0.717) is 31.5 Å². The Balaban J connectivity index is 1.75. The Kier molecular flexibility index (Phi) is 7.44. The van der Waals surface area contributed by atoms with Crippen LogP contribution in [-0.4, -0.2) is 65.0 Å². The summed E-state index contributed by atoms with van der Waals surface area (Å²) < 4.78 is 7.58. The average Bonchev–Trinajstić information content (AvgIpc) is 3.28. The number of amides is 1. The molecule has 0 saturated carbocycles. The van der Waals surface area contributed by atoms with Crippen LogP contribution in [0, 0.1) is 0 Å². The van der Waals surface area contributed by atoms with Crippen LogP contribution in [0.25, 0.3) is 5.69 Å². The second-order valence-corrected chi connectivity index (χ2v) is 8.54. The van der Waals surface area contributed by atoms with E-state index >= 15 is 0 Å². The number of ether oxygens (including phenoxy) is 1. The van der Waals surface area contributed by atoms with Gasteiger partial charge >= 0.3 is 0 Å². The van der Waals surface area contributed by atoms with Crippen LogP contribution in [0.2, 0.25) is 0 Å². The first-order chi connectivity index (χ1) is 15.7. The lowest BCUT2D eigenvalue weighted by molar-refractivity contribution is -0.130. The van der Waals surface area contributed by atoms with Crippen LogP contribution in [0.15, 0.2) is 65.8 Å². The van der Waals surface area contributed by atoms with Gasteiger partial charge in [-0.15, -0.1) is 10.2 Å². The predicted octanol–water partition coefficient (Wildman–Crippen LogP) is 3.81. The van der Waals surface area contributed by atoms with Crippen LogP contribution in [-0.2, 0) is 9.53 Å². The molecule has 7 nitrogen and oxygen atoms in total. The number of carbonyl (C=O) groups is 1. The van der Waals surface area contributed by atoms with E-state index < -0.39 is 5.25 Å². The van der Waals surface area contributed by atoms with Gasteiger partial charge in [0.25, 0.3) is 0 Å². The molecule has 0 aliphatic carbocycles. The lowest BCUT2D eigenvalue weighted by Crippen LogP contribution is -2.38. The van der Waals surface area contributed by atoms with E-state index in [1.165, 1.54) is 11.8 Å². The van der Waals surface area contributed by atoms with Gasteiger partial charge in [-0.05, 0) is 31.5 Å². The smallest absolute Gasteiger partial charge is 0.240 e. The molecule has 1 unspecified atom stereocenters. The van der Waals surface area contributed by atoms with Crippen molar-refractivity contribution in [1.82, 2.24) is 19.7 Å². The third kappa shape index (κ3) is 4.81. The molecule has 1 aromatic heterocycles. The first-order valence-corrected chi connectivity index (χ1v) is 11.9. The molecular weight excluding hydrogens is 422 g/mol. The molecule has 1 saturated heterocycles. The van der Waals surface area contributed by atoms with E-state index in [9.17, 15) is 4.79 Å². The number of para-hydroxylation sites is 1. The molecular formula is C24H29N5O2S. The molecule has 0 N–H and O–H groups in total. The van der Waals surface area contributed by atoms with E-state index in [1.54, 1.807) is 0 Å². The maximum absolute atomic E-state index is 13.5. The van der Waals surface area contributed by atoms with E-state index in [4.69, 9.17) is 4.74 Å². The highest BCUT2D eigenvalue weighted by Crippen LogP contribution is 2.38. The van der Waals surface area contributed by atoms with Crippen LogP contribution in [0.3, 0.4) is 0 Å². The van der Waals surface area contributed by atoms with Crippen LogP contribution < -0.4 is 4.90 Å². The van der Waals surface area contributed by atoms with Gasteiger partial charge in [-0.3, -0.25) is 9.36 Å². The maximum Gasteiger partial charge on any atom is 0.240 e. The molecule has 3 aromatic rings. The van der Waals surface area contributed by atoms with Crippen LogP contribution in [0.5, 0.6) is 0 Å². The number of hydrogen-bond acceptors (Lipinski definition) is 6. The second kappa shape index (κ2) is 10.7. The molecule has 2 aromatic carbocycles. The van der Waals surface area contributed by atoms with Crippen molar-refractivity contribution in [1.29, 1.82) is 0 Å². The lowest BCUT2D eigenvalue weighted by Gasteiger charge is -2.28. The van der Waals surface area contributed by atoms with Gasteiger partial charge in [0.15, 0.2) is 5.16 Å². The van der Waals surface area contributed by atoms with E-state index in [2.05, 4.69) is 19.7 Å². The van der Waals surface area contributed by atoms with Gasteiger partial charge in [-0.1, -0.05) is 60.3 Å². The third-order valence-corrected chi connectivity index (χ3v) is 6.73. The number of anilines is 1. The van der Waals surface area contributed by atoms with Gasteiger partial charge in [0.05, 0.1) is 18.9 Å². The minimum absolute atomic E-state index is 0.0849. The quantitative estimate of drug-likeness (QED) is 0.486. The standard InChI is InChI=1S/C24H29N5O2S/c1-3-27(4-2)22(30)21(19-11-7-5-8-12-19)32-24-26-25-23(28-15-17-31-18-16-28)29(24)20-13-9-6-10-14-20/h5-14,21H,3-4,15-18H2,1-2H3. The fourth-order valence-corrected chi connectivity index (χ4v) is 4.94. The fourth-order valence-electron chi connectivity index (χ4n) is 3.81.